The van der Waals surface area contributed by atoms with Crippen molar-refractivity contribution in [3.8, 4) is 23.0 Å². The molecule has 1 atom stereocenters. The van der Waals surface area contributed by atoms with Crippen molar-refractivity contribution >= 4 is 0 Å². The molecule has 0 spiro atoms. The summed E-state index contributed by atoms with van der Waals surface area (Å²) in [5.74, 6) is 1.92. The third kappa shape index (κ3) is 4.19. The van der Waals surface area contributed by atoms with Crippen molar-refractivity contribution in [2.24, 2.45) is 0 Å². The Morgan fingerprint density at radius 3 is 2.80 bits per heavy atom. The van der Waals surface area contributed by atoms with Crippen LogP contribution in [0.2, 0.25) is 0 Å². The Hall–Kier alpha value is -2.86. The maximum atomic E-state index is 13.7. The standard InChI is InChI=1S/C24H27FN2O3/c1-16-21(26-24(30-16)18-10-11-20(25)23(14-18)29-3)15-27-12-5-4-9-22(27)17-7-6-8-19(13-17)28-2/h6-8,10-11,13-14,22H,4-5,9,12,15H2,1-3H3. The predicted molar refractivity (Wildman–Crippen MR) is 113 cm³/mol. The van der Waals surface area contributed by atoms with E-state index in [0.717, 1.165) is 30.2 Å². The van der Waals surface area contributed by atoms with Gasteiger partial charge < -0.3 is 13.9 Å². The van der Waals surface area contributed by atoms with E-state index in [1.54, 1.807) is 19.2 Å². The molecule has 30 heavy (non-hydrogen) atoms. The van der Waals surface area contributed by atoms with Gasteiger partial charge in [-0.2, -0.15) is 0 Å². The molecule has 0 aliphatic carbocycles. The molecule has 1 aliphatic rings. The van der Waals surface area contributed by atoms with Crippen LogP contribution in [0.3, 0.4) is 0 Å². The third-order valence-corrected chi connectivity index (χ3v) is 5.74. The minimum atomic E-state index is -0.404. The molecular weight excluding hydrogens is 383 g/mol. The molecule has 1 aromatic heterocycles. The van der Waals surface area contributed by atoms with Gasteiger partial charge in [0.1, 0.15) is 11.5 Å². The molecule has 3 aromatic rings. The van der Waals surface area contributed by atoms with Crippen LogP contribution in [0.1, 0.15) is 42.3 Å². The molecule has 1 fully saturated rings. The van der Waals surface area contributed by atoms with Gasteiger partial charge in [0.15, 0.2) is 11.6 Å². The number of ether oxygens (including phenoxy) is 2. The van der Waals surface area contributed by atoms with Gasteiger partial charge in [-0.1, -0.05) is 18.6 Å². The number of piperidine rings is 1. The van der Waals surface area contributed by atoms with Crippen molar-refractivity contribution in [3.05, 3.63) is 65.3 Å². The van der Waals surface area contributed by atoms with Crippen molar-refractivity contribution < 1.29 is 18.3 Å². The summed E-state index contributed by atoms with van der Waals surface area (Å²) in [6.07, 6.45) is 3.47. The molecule has 158 valence electrons. The lowest BCUT2D eigenvalue weighted by Crippen LogP contribution is -2.33. The number of aryl methyl sites for hydroxylation is 1. The molecule has 2 aromatic carbocycles. The van der Waals surface area contributed by atoms with Gasteiger partial charge in [0.25, 0.3) is 0 Å². The van der Waals surface area contributed by atoms with Crippen LogP contribution in [0.5, 0.6) is 11.5 Å². The highest BCUT2D eigenvalue weighted by atomic mass is 19.1. The summed E-state index contributed by atoms with van der Waals surface area (Å²) >= 11 is 0. The lowest BCUT2D eigenvalue weighted by molar-refractivity contribution is 0.138. The number of rotatable bonds is 6. The average Bonchev–Trinajstić information content (AvgIpc) is 3.14. The molecule has 1 unspecified atom stereocenters. The topological polar surface area (TPSA) is 47.7 Å². The Labute approximate surface area is 176 Å². The molecule has 1 aliphatic heterocycles. The highest BCUT2D eigenvalue weighted by Crippen LogP contribution is 2.35. The SMILES string of the molecule is COc1cccc(C2CCCCN2Cc2nc(-c3ccc(F)c(OC)c3)oc2C)c1. The Bertz CT molecular complexity index is 1020. The average molecular weight is 410 g/mol. The Balaban J connectivity index is 1.58. The van der Waals surface area contributed by atoms with E-state index in [4.69, 9.17) is 18.9 Å². The minimum Gasteiger partial charge on any atom is -0.497 e. The molecule has 6 heteroatoms. The zero-order valence-corrected chi connectivity index (χ0v) is 17.7. The van der Waals surface area contributed by atoms with Gasteiger partial charge in [0.2, 0.25) is 5.89 Å². The van der Waals surface area contributed by atoms with Crippen LogP contribution in [0.15, 0.2) is 46.9 Å². The van der Waals surface area contributed by atoms with Crippen LogP contribution in [-0.2, 0) is 6.54 Å². The maximum Gasteiger partial charge on any atom is 0.226 e. The van der Waals surface area contributed by atoms with Gasteiger partial charge in [0.05, 0.1) is 19.9 Å². The van der Waals surface area contributed by atoms with Crippen molar-refractivity contribution in [2.45, 2.75) is 38.8 Å². The van der Waals surface area contributed by atoms with Crippen LogP contribution in [0, 0.1) is 12.7 Å². The van der Waals surface area contributed by atoms with Crippen molar-refractivity contribution in [1.82, 2.24) is 9.88 Å². The number of methoxy groups -OCH3 is 2. The smallest absolute Gasteiger partial charge is 0.226 e. The van der Waals surface area contributed by atoms with Gasteiger partial charge in [-0.05, 0) is 62.2 Å². The highest BCUT2D eigenvalue weighted by Gasteiger charge is 2.26. The van der Waals surface area contributed by atoms with Crippen LogP contribution >= 0.6 is 0 Å². The summed E-state index contributed by atoms with van der Waals surface area (Å²) in [7, 11) is 3.14. The zero-order chi connectivity index (χ0) is 21.1. The first-order chi connectivity index (χ1) is 14.6. The third-order valence-electron chi connectivity index (χ3n) is 5.74. The fourth-order valence-electron chi connectivity index (χ4n) is 4.09. The first kappa shape index (κ1) is 20.4. The molecule has 0 radical (unpaired) electrons. The number of hydrogen-bond acceptors (Lipinski definition) is 5. The fourth-order valence-corrected chi connectivity index (χ4v) is 4.09. The van der Waals surface area contributed by atoms with Crippen LogP contribution < -0.4 is 9.47 Å². The van der Waals surface area contributed by atoms with E-state index >= 15 is 0 Å². The van der Waals surface area contributed by atoms with Crippen LogP contribution in [-0.4, -0.2) is 30.6 Å². The van der Waals surface area contributed by atoms with E-state index in [1.165, 1.54) is 31.6 Å². The normalized spacial score (nSPS) is 17.1. The molecule has 5 nitrogen and oxygen atoms in total. The van der Waals surface area contributed by atoms with Gasteiger partial charge in [-0.3, -0.25) is 4.90 Å². The highest BCUT2D eigenvalue weighted by molar-refractivity contribution is 5.56. The molecular formula is C24H27FN2O3. The molecule has 0 saturated carbocycles. The maximum absolute atomic E-state index is 13.7. The van der Waals surface area contributed by atoms with E-state index in [1.807, 2.05) is 19.1 Å². The van der Waals surface area contributed by atoms with Gasteiger partial charge in [0, 0.05) is 18.2 Å². The Morgan fingerprint density at radius 2 is 2.00 bits per heavy atom. The quantitative estimate of drug-likeness (QED) is 0.534. The van der Waals surface area contributed by atoms with E-state index in [-0.39, 0.29) is 5.75 Å². The van der Waals surface area contributed by atoms with Gasteiger partial charge >= 0.3 is 0 Å². The Kier molecular flexibility index (Phi) is 6.04. The van der Waals surface area contributed by atoms with Gasteiger partial charge in [-0.25, -0.2) is 9.37 Å². The van der Waals surface area contributed by atoms with Gasteiger partial charge in [-0.15, -0.1) is 0 Å². The first-order valence-electron chi connectivity index (χ1n) is 10.3. The van der Waals surface area contributed by atoms with Crippen LogP contribution in [0.25, 0.3) is 11.5 Å². The van der Waals surface area contributed by atoms with Crippen molar-refractivity contribution in [3.63, 3.8) is 0 Å². The summed E-state index contributed by atoms with van der Waals surface area (Å²) in [5, 5.41) is 0. The number of nitrogens with zero attached hydrogens (tertiary/aromatic N) is 2. The molecule has 2 heterocycles. The number of benzene rings is 2. The lowest BCUT2D eigenvalue weighted by atomic mass is 9.95. The second-order valence-electron chi connectivity index (χ2n) is 7.63. The summed E-state index contributed by atoms with van der Waals surface area (Å²) in [5.41, 5.74) is 2.87. The summed E-state index contributed by atoms with van der Waals surface area (Å²) in [4.78, 5) is 7.19. The summed E-state index contributed by atoms with van der Waals surface area (Å²) in [6.45, 7) is 3.64. The molecule has 1 saturated heterocycles. The van der Waals surface area contributed by atoms with Crippen molar-refractivity contribution in [2.75, 3.05) is 20.8 Å². The second kappa shape index (κ2) is 8.88. The zero-order valence-electron chi connectivity index (χ0n) is 17.7. The second-order valence-corrected chi connectivity index (χ2v) is 7.63. The van der Waals surface area contributed by atoms with Crippen LogP contribution in [0.4, 0.5) is 4.39 Å². The lowest BCUT2D eigenvalue weighted by Gasteiger charge is -2.35. The minimum absolute atomic E-state index is 0.180. The molecule has 0 amide bonds. The fraction of sp³-hybridized carbons (Fsp3) is 0.375. The molecule has 0 bridgehead atoms. The number of likely N-dealkylation sites (tertiary alicyclic amines) is 1. The number of oxazole rings is 1. The number of aromatic nitrogens is 1. The molecule has 0 N–H and O–H groups in total. The predicted octanol–water partition coefficient (Wildman–Crippen LogP) is 5.53. The molecule has 4 rings (SSSR count). The van der Waals surface area contributed by atoms with Crippen molar-refractivity contribution in [1.29, 1.82) is 0 Å². The first-order valence-corrected chi connectivity index (χ1v) is 10.3. The van der Waals surface area contributed by atoms with E-state index < -0.39 is 5.82 Å². The monoisotopic (exact) mass is 410 g/mol. The van der Waals surface area contributed by atoms with E-state index in [0.29, 0.717) is 24.0 Å². The summed E-state index contributed by atoms with van der Waals surface area (Å²) < 4.78 is 30.2. The largest absolute Gasteiger partial charge is 0.497 e. The van der Waals surface area contributed by atoms with E-state index in [2.05, 4.69) is 17.0 Å². The number of halogens is 1. The van der Waals surface area contributed by atoms with E-state index in [9.17, 15) is 4.39 Å². The Morgan fingerprint density at radius 1 is 1.13 bits per heavy atom. The number of hydrogen-bond donors (Lipinski definition) is 0. The summed E-state index contributed by atoms with van der Waals surface area (Å²) in [6, 6.07) is 13.3.